The number of unbranched alkanes of at least 4 members (excludes halogenated alkanes) is 2. The molecule has 0 bridgehead atoms. The number of ether oxygens (including phenoxy) is 1. The Morgan fingerprint density at radius 1 is 1.17 bits per heavy atom. The van der Waals surface area contributed by atoms with Crippen molar-refractivity contribution in [3.05, 3.63) is 30.5 Å². The summed E-state index contributed by atoms with van der Waals surface area (Å²) < 4.78 is 7.05. The molecule has 0 unspecified atom stereocenters. The van der Waals surface area contributed by atoms with Crippen LogP contribution in [0.1, 0.15) is 26.2 Å². The molecule has 0 aliphatic rings. The molecule has 0 atom stereocenters. The molecular weight excluding hydrogens is 226 g/mol. The molecule has 0 aliphatic heterocycles. The van der Waals surface area contributed by atoms with Crippen molar-refractivity contribution in [3.8, 4) is 17.0 Å². The Kier molecular flexibility index (Phi) is 4.34. The van der Waals surface area contributed by atoms with Crippen LogP contribution in [-0.4, -0.2) is 22.1 Å². The normalized spacial score (nSPS) is 10.6. The first-order valence-corrected chi connectivity index (χ1v) is 6.38. The molecule has 96 valence electrons. The lowest BCUT2D eigenvalue weighted by molar-refractivity contribution is 0.415. The van der Waals surface area contributed by atoms with Crippen LogP contribution in [0.2, 0.25) is 0 Å². The van der Waals surface area contributed by atoms with Gasteiger partial charge in [0.05, 0.1) is 13.3 Å². The Hall–Kier alpha value is -1.84. The first-order valence-electron chi connectivity index (χ1n) is 6.38. The first kappa shape index (κ1) is 12.6. The smallest absolute Gasteiger partial charge is 0.118 e. The SMILES string of the molecule is CCCCCn1cc(-c2ccc(OC)cc2)nn1. The molecule has 0 radical (unpaired) electrons. The first-order chi connectivity index (χ1) is 8.83. The van der Waals surface area contributed by atoms with Gasteiger partial charge in [0.15, 0.2) is 0 Å². The van der Waals surface area contributed by atoms with E-state index in [2.05, 4.69) is 17.2 Å². The van der Waals surface area contributed by atoms with E-state index in [-0.39, 0.29) is 0 Å². The van der Waals surface area contributed by atoms with Crippen LogP contribution in [-0.2, 0) is 6.54 Å². The summed E-state index contributed by atoms with van der Waals surface area (Å²) in [7, 11) is 1.67. The molecule has 1 heterocycles. The summed E-state index contributed by atoms with van der Waals surface area (Å²) in [5, 5.41) is 8.34. The van der Waals surface area contributed by atoms with Gasteiger partial charge in [0, 0.05) is 12.1 Å². The van der Waals surface area contributed by atoms with Crippen molar-refractivity contribution < 1.29 is 4.74 Å². The van der Waals surface area contributed by atoms with Crippen LogP contribution < -0.4 is 4.74 Å². The molecule has 18 heavy (non-hydrogen) atoms. The molecule has 2 rings (SSSR count). The van der Waals surface area contributed by atoms with Gasteiger partial charge in [-0.3, -0.25) is 4.68 Å². The molecule has 4 heteroatoms. The fraction of sp³-hybridized carbons (Fsp3) is 0.429. The standard InChI is InChI=1S/C14H19N3O/c1-3-4-5-10-17-11-14(15-16-17)12-6-8-13(18-2)9-7-12/h6-9,11H,3-5,10H2,1-2H3. The van der Waals surface area contributed by atoms with Gasteiger partial charge in [0.25, 0.3) is 0 Å². The molecule has 2 aromatic rings. The van der Waals surface area contributed by atoms with Gasteiger partial charge >= 0.3 is 0 Å². The molecule has 4 nitrogen and oxygen atoms in total. The van der Waals surface area contributed by atoms with Gasteiger partial charge in [-0.2, -0.15) is 0 Å². The van der Waals surface area contributed by atoms with Crippen LogP contribution in [0.15, 0.2) is 30.5 Å². The largest absolute Gasteiger partial charge is 0.497 e. The maximum atomic E-state index is 5.13. The van der Waals surface area contributed by atoms with Crippen LogP contribution in [0.25, 0.3) is 11.3 Å². The zero-order valence-corrected chi connectivity index (χ0v) is 11.0. The number of hydrogen-bond acceptors (Lipinski definition) is 3. The summed E-state index contributed by atoms with van der Waals surface area (Å²) in [5.41, 5.74) is 1.98. The third-order valence-corrected chi connectivity index (χ3v) is 2.92. The summed E-state index contributed by atoms with van der Waals surface area (Å²) >= 11 is 0. The third kappa shape index (κ3) is 3.09. The molecule has 0 aliphatic carbocycles. The maximum absolute atomic E-state index is 5.13. The van der Waals surface area contributed by atoms with Crippen LogP contribution >= 0.6 is 0 Å². The Morgan fingerprint density at radius 2 is 1.94 bits per heavy atom. The second-order valence-electron chi connectivity index (χ2n) is 4.30. The number of nitrogens with zero attached hydrogens (tertiary/aromatic N) is 3. The van der Waals surface area contributed by atoms with E-state index in [0.717, 1.165) is 30.0 Å². The Labute approximate surface area is 108 Å². The van der Waals surface area contributed by atoms with Gasteiger partial charge in [0.1, 0.15) is 11.4 Å². The van der Waals surface area contributed by atoms with Crippen molar-refractivity contribution in [3.63, 3.8) is 0 Å². The number of aromatic nitrogens is 3. The molecule has 0 spiro atoms. The van der Waals surface area contributed by atoms with Crippen molar-refractivity contribution in [1.82, 2.24) is 15.0 Å². The molecule has 0 saturated heterocycles. The summed E-state index contributed by atoms with van der Waals surface area (Å²) in [6.07, 6.45) is 5.61. The highest BCUT2D eigenvalue weighted by Crippen LogP contribution is 2.19. The molecule has 0 N–H and O–H groups in total. The van der Waals surface area contributed by atoms with Gasteiger partial charge < -0.3 is 4.74 Å². The fourth-order valence-electron chi connectivity index (χ4n) is 1.83. The average molecular weight is 245 g/mol. The minimum atomic E-state index is 0.856. The fourth-order valence-corrected chi connectivity index (χ4v) is 1.83. The van der Waals surface area contributed by atoms with Gasteiger partial charge in [-0.25, -0.2) is 0 Å². The summed E-state index contributed by atoms with van der Waals surface area (Å²) in [6.45, 7) is 3.14. The van der Waals surface area contributed by atoms with Crippen molar-refractivity contribution in [1.29, 1.82) is 0 Å². The summed E-state index contributed by atoms with van der Waals surface area (Å²) in [4.78, 5) is 0. The van der Waals surface area contributed by atoms with Gasteiger partial charge in [0.2, 0.25) is 0 Å². The third-order valence-electron chi connectivity index (χ3n) is 2.92. The Morgan fingerprint density at radius 3 is 2.61 bits per heavy atom. The van der Waals surface area contributed by atoms with E-state index in [0.29, 0.717) is 0 Å². The van der Waals surface area contributed by atoms with Crippen molar-refractivity contribution in [2.45, 2.75) is 32.7 Å². The molecule has 0 fully saturated rings. The lowest BCUT2D eigenvalue weighted by Crippen LogP contribution is -1.98. The Bertz CT molecular complexity index is 476. The van der Waals surface area contributed by atoms with E-state index >= 15 is 0 Å². The summed E-state index contributed by atoms with van der Waals surface area (Å²) in [5.74, 6) is 0.856. The predicted molar refractivity (Wildman–Crippen MR) is 71.5 cm³/mol. The van der Waals surface area contributed by atoms with Gasteiger partial charge in [-0.1, -0.05) is 25.0 Å². The molecular formula is C14H19N3O. The lowest BCUT2D eigenvalue weighted by atomic mass is 10.1. The highest BCUT2D eigenvalue weighted by atomic mass is 16.5. The molecule has 0 saturated carbocycles. The van der Waals surface area contributed by atoms with E-state index < -0.39 is 0 Å². The van der Waals surface area contributed by atoms with Crippen LogP contribution in [0, 0.1) is 0 Å². The van der Waals surface area contributed by atoms with Gasteiger partial charge in [-0.05, 0) is 30.7 Å². The zero-order chi connectivity index (χ0) is 12.8. The quantitative estimate of drug-likeness (QED) is 0.734. The number of aryl methyl sites for hydroxylation is 1. The predicted octanol–water partition coefficient (Wildman–Crippen LogP) is 3.14. The van der Waals surface area contributed by atoms with Crippen molar-refractivity contribution >= 4 is 0 Å². The topological polar surface area (TPSA) is 39.9 Å². The van der Waals surface area contributed by atoms with Crippen molar-refractivity contribution in [2.24, 2.45) is 0 Å². The van der Waals surface area contributed by atoms with E-state index in [1.54, 1.807) is 7.11 Å². The monoisotopic (exact) mass is 245 g/mol. The van der Waals surface area contributed by atoms with Crippen LogP contribution in [0.4, 0.5) is 0 Å². The summed E-state index contributed by atoms with van der Waals surface area (Å²) in [6, 6.07) is 7.87. The van der Waals surface area contributed by atoms with E-state index in [4.69, 9.17) is 4.74 Å². The second kappa shape index (κ2) is 6.19. The van der Waals surface area contributed by atoms with E-state index in [9.17, 15) is 0 Å². The maximum Gasteiger partial charge on any atom is 0.118 e. The molecule has 1 aromatic heterocycles. The molecule has 0 amide bonds. The average Bonchev–Trinajstić information content (AvgIpc) is 2.88. The lowest BCUT2D eigenvalue weighted by Gasteiger charge is -2.00. The minimum absolute atomic E-state index is 0.856. The number of hydrogen-bond donors (Lipinski definition) is 0. The number of benzene rings is 1. The highest BCUT2D eigenvalue weighted by Gasteiger charge is 2.03. The molecule has 1 aromatic carbocycles. The van der Waals surface area contributed by atoms with E-state index in [1.807, 2.05) is 35.1 Å². The van der Waals surface area contributed by atoms with Gasteiger partial charge in [-0.15, -0.1) is 5.10 Å². The minimum Gasteiger partial charge on any atom is -0.497 e. The van der Waals surface area contributed by atoms with Crippen LogP contribution in [0.5, 0.6) is 5.75 Å². The Balaban J connectivity index is 2.04. The number of methoxy groups -OCH3 is 1. The zero-order valence-electron chi connectivity index (χ0n) is 11.0. The number of rotatable bonds is 6. The second-order valence-corrected chi connectivity index (χ2v) is 4.30. The van der Waals surface area contributed by atoms with Crippen molar-refractivity contribution in [2.75, 3.05) is 7.11 Å². The highest BCUT2D eigenvalue weighted by molar-refractivity contribution is 5.58. The van der Waals surface area contributed by atoms with E-state index in [1.165, 1.54) is 12.8 Å². The van der Waals surface area contributed by atoms with Crippen LogP contribution in [0.3, 0.4) is 0 Å².